The number of aromatic nitrogens is 3. The van der Waals surface area contributed by atoms with E-state index in [2.05, 4.69) is 9.97 Å². The minimum Gasteiger partial charge on any atom is -0.384 e. The lowest BCUT2D eigenvalue weighted by molar-refractivity contribution is -0.858. The van der Waals surface area contributed by atoms with Gasteiger partial charge in [-0.1, -0.05) is 12.1 Å². The van der Waals surface area contributed by atoms with Crippen molar-refractivity contribution in [2.45, 2.75) is 16.3 Å². The van der Waals surface area contributed by atoms with Crippen LogP contribution in [0, 0.1) is 5.82 Å². The highest BCUT2D eigenvalue weighted by Gasteiger charge is 2.30. The maximum absolute atomic E-state index is 13.4. The smallest absolute Gasteiger partial charge is 0.212 e. The average Bonchev–Trinajstić information content (AvgIpc) is 2.95. The first-order valence-electron chi connectivity index (χ1n) is 9.13. The number of para-hydroxylation sites is 2. The summed E-state index contributed by atoms with van der Waals surface area (Å²) in [6, 6.07) is 11.9. The van der Waals surface area contributed by atoms with E-state index in [1.54, 1.807) is 10.6 Å². The number of rotatable bonds is 5. The van der Waals surface area contributed by atoms with Gasteiger partial charge in [-0.3, -0.25) is 0 Å². The Balaban J connectivity index is 2.03. The van der Waals surface area contributed by atoms with Crippen LogP contribution in [0.4, 0.5) is 10.2 Å². The molecule has 0 spiro atoms. The van der Waals surface area contributed by atoms with Crippen LogP contribution in [0.5, 0.6) is 0 Å². The second-order valence-corrected chi connectivity index (χ2v) is 9.05. The molecule has 0 aliphatic rings. The number of nitrogens with one attached hydrogen (secondary N) is 1. The molecule has 0 radical (unpaired) electrons. The van der Waals surface area contributed by atoms with E-state index in [0.717, 1.165) is 18.7 Å². The number of quaternary nitrogens is 1. The molecule has 2 aromatic carbocycles. The second-order valence-electron chi connectivity index (χ2n) is 7.17. The number of hydrogen-bond donors (Lipinski definition) is 2. The third-order valence-electron chi connectivity index (χ3n) is 4.77. The van der Waals surface area contributed by atoms with E-state index in [1.165, 1.54) is 17.0 Å². The van der Waals surface area contributed by atoms with Crippen molar-refractivity contribution in [2.75, 3.05) is 26.4 Å². The first-order chi connectivity index (χ1) is 13.8. The van der Waals surface area contributed by atoms with Crippen LogP contribution in [0.1, 0.15) is 0 Å². The van der Waals surface area contributed by atoms with Gasteiger partial charge < -0.3 is 15.2 Å². The molecular weight excluding hydrogens is 393 g/mol. The molecule has 0 saturated heterocycles. The number of benzene rings is 2. The van der Waals surface area contributed by atoms with Gasteiger partial charge in [0.05, 0.1) is 43.1 Å². The van der Waals surface area contributed by atoms with E-state index in [9.17, 15) is 12.8 Å². The summed E-state index contributed by atoms with van der Waals surface area (Å²) in [4.78, 5) is 10.3. The molecular formula is C20H21FN5O2S+. The monoisotopic (exact) mass is 414 g/mol. The zero-order chi connectivity index (χ0) is 20.8. The highest BCUT2D eigenvalue weighted by molar-refractivity contribution is 7.92. The molecule has 0 amide bonds. The van der Waals surface area contributed by atoms with Crippen molar-refractivity contribution in [3.05, 3.63) is 54.3 Å². The summed E-state index contributed by atoms with van der Waals surface area (Å²) in [6.07, 6.45) is 0. The number of fused-ring (bicyclic) bond motifs is 2. The molecule has 2 aromatic heterocycles. The van der Waals surface area contributed by atoms with E-state index < -0.39 is 15.7 Å². The lowest BCUT2D eigenvalue weighted by Gasteiger charge is -2.10. The Morgan fingerprint density at radius 2 is 1.66 bits per heavy atom. The van der Waals surface area contributed by atoms with Crippen molar-refractivity contribution < 1.29 is 17.7 Å². The molecule has 0 aliphatic carbocycles. The van der Waals surface area contributed by atoms with Crippen molar-refractivity contribution in [1.29, 1.82) is 0 Å². The van der Waals surface area contributed by atoms with Crippen LogP contribution in [0.25, 0.3) is 22.2 Å². The molecule has 4 rings (SSSR count). The third-order valence-corrected chi connectivity index (χ3v) is 6.61. The molecule has 150 valence electrons. The van der Waals surface area contributed by atoms with Crippen LogP contribution in [-0.2, 0) is 16.4 Å². The van der Waals surface area contributed by atoms with Crippen LogP contribution in [0.15, 0.2) is 58.3 Å². The fraction of sp³-hybridized carbons (Fsp3) is 0.200. The molecule has 3 N–H and O–H groups in total. The molecule has 29 heavy (non-hydrogen) atoms. The highest BCUT2D eigenvalue weighted by Crippen LogP contribution is 2.35. The third kappa shape index (κ3) is 3.32. The van der Waals surface area contributed by atoms with Gasteiger partial charge in [0.1, 0.15) is 22.0 Å². The average molecular weight is 414 g/mol. The summed E-state index contributed by atoms with van der Waals surface area (Å²) >= 11 is 0. The van der Waals surface area contributed by atoms with E-state index in [-0.39, 0.29) is 21.1 Å². The van der Waals surface area contributed by atoms with Gasteiger partial charge in [-0.2, -0.15) is 0 Å². The Labute approximate surface area is 167 Å². The summed E-state index contributed by atoms with van der Waals surface area (Å²) in [5, 5.41) is 0. The van der Waals surface area contributed by atoms with Gasteiger partial charge >= 0.3 is 0 Å². The van der Waals surface area contributed by atoms with Crippen LogP contribution in [0.3, 0.4) is 0 Å². The van der Waals surface area contributed by atoms with E-state index in [1.807, 2.05) is 32.3 Å². The number of hydrogen-bond acceptors (Lipinski definition) is 5. The SMILES string of the molecule is C[NH+](C)CCn1c(N)c(S(=O)(=O)c2ccc(F)cc2)c2nc3ccccc3nc21. The van der Waals surface area contributed by atoms with Gasteiger partial charge in [0.2, 0.25) is 9.84 Å². The van der Waals surface area contributed by atoms with Crippen LogP contribution in [0.2, 0.25) is 0 Å². The standard InChI is InChI=1S/C20H20FN5O2S/c1-25(2)11-12-26-19(22)18(29(27,28)14-9-7-13(21)8-10-14)17-20(26)24-16-6-4-3-5-15(16)23-17/h3-10H,11-12,22H2,1-2H3/p+1. The molecule has 0 aliphatic heterocycles. The summed E-state index contributed by atoms with van der Waals surface area (Å²) in [5.74, 6) is -0.431. The number of likely N-dealkylation sites (N-methyl/N-ethyl adjacent to an activating group) is 1. The van der Waals surface area contributed by atoms with Crippen LogP contribution in [-0.4, -0.2) is 43.6 Å². The Morgan fingerprint density at radius 1 is 1.03 bits per heavy atom. The van der Waals surface area contributed by atoms with Gasteiger partial charge in [-0.25, -0.2) is 22.8 Å². The number of sulfone groups is 1. The predicted molar refractivity (Wildman–Crippen MR) is 109 cm³/mol. The summed E-state index contributed by atoms with van der Waals surface area (Å²) in [7, 11) is -0.0229. The molecule has 0 atom stereocenters. The Bertz CT molecular complexity index is 1310. The lowest BCUT2D eigenvalue weighted by Crippen LogP contribution is -3.06. The predicted octanol–water partition coefficient (Wildman–Crippen LogP) is 1.28. The van der Waals surface area contributed by atoms with Gasteiger partial charge in [0.25, 0.3) is 0 Å². The zero-order valence-electron chi connectivity index (χ0n) is 16.1. The van der Waals surface area contributed by atoms with Crippen molar-refractivity contribution in [3.8, 4) is 0 Å². The second kappa shape index (κ2) is 7.09. The number of anilines is 1. The number of halogens is 1. The van der Waals surface area contributed by atoms with Gasteiger partial charge in [0, 0.05) is 0 Å². The largest absolute Gasteiger partial charge is 0.384 e. The van der Waals surface area contributed by atoms with Gasteiger partial charge in [-0.05, 0) is 36.4 Å². The normalized spacial score (nSPS) is 12.3. The Hall–Kier alpha value is -3.04. The number of nitrogen functional groups attached to an aromatic ring is 1. The quantitative estimate of drug-likeness (QED) is 0.480. The first kappa shape index (κ1) is 19.3. The fourth-order valence-corrected chi connectivity index (χ4v) is 4.75. The summed E-state index contributed by atoms with van der Waals surface area (Å²) < 4.78 is 41.8. The van der Waals surface area contributed by atoms with Crippen LogP contribution >= 0.6 is 0 Å². The number of nitrogens with two attached hydrogens (primary N) is 1. The van der Waals surface area contributed by atoms with E-state index in [4.69, 9.17) is 5.73 Å². The van der Waals surface area contributed by atoms with Crippen molar-refractivity contribution >= 4 is 37.9 Å². The zero-order valence-corrected chi connectivity index (χ0v) is 16.9. The molecule has 0 saturated carbocycles. The maximum atomic E-state index is 13.4. The topological polar surface area (TPSA) is 95.3 Å². The molecule has 9 heteroatoms. The van der Waals surface area contributed by atoms with Crippen molar-refractivity contribution in [1.82, 2.24) is 14.5 Å². The van der Waals surface area contributed by atoms with E-state index in [0.29, 0.717) is 23.2 Å². The molecule has 7 nitrogen and oxygen atoms in total. The molecule has 0 bridgehead atoms. The van der Waals surface area contributed by atoms with Crippen molar-refractivity contribution in [3.63, 3.8) is 0 Å². The highest BCUT2D eigenvalue weighted by atomic mass is 32.2. The molecule has 0 fully saturated rings. The fourth-order valence-electron chi connectivity index (χ4n) is 3.25. The minimum atomic E-state index is -4.02. The minimum absolute atomic E-state index is 0.0437. The van der Waals surface area contributed by atoms with E-state index >= 15 is 0 Å². The Morgan fingerprint density at radius 3 is 2.28 bits per heavy atom. The molecule has 4 aromatic rings. The number of nitrogens with zero attached hydrogens (tertiary/aromatic N) is 3. The Kier molecular flexibility index (Phi) is 4.71. The first-order valence-corrected chi connectivity index (χ1v) is 10.6. The van der Waals surface area contributed by atoms with Gasteiger partial charge in [-0.15, -0.1) is 0 Å². The van der Waals surface area contributed by atoms with Gasteiger partial charge in [0.15, 0.2) is 5.65 Å². The van der Waals surface area contributed by atoms with Crippen LogP contribution < -0.4 is 10.6 Å². The maximum Gasteiger partial charge on any atom is 0.212 e. The summed E-state index contributed by atoms with van der Waals surface area (Å²) in [5.41, 5.74) is 8.21. The van der Waals surface area contributed by atoms with Crippen molar-refractivity contribution in [2.24, 2.45) is 0 Å². The lowest BCUT2D eigenvalue weighted by atomic mass is 10.3. The molecule has 0 unspecified atom stereocenters. The summed E-state index contributed by atoms with van der Waals surface area (Å²) in [6.45, 7) is 1.20. The molecule has 2 heterocycles.